The van der Waals surface area contributed by atoms with Crippen LogP contribution in [0.25, 0.3) is 10.9 Å². The molecule has 2 rings (SSSR count). The number of carboxylic acids is 1. The molecule has 0 unspecified atom stereocenters. The molecule has 34 heavy (non-hydrogen) atoms. The van der Waals surface area contributed by atoms with Crippen molar-refractivity contribution in [1.29, 1.82) is 0 Å². The van der Waals surface area contributed by atoms with E-state index in [1.165, 1.54) is 64.2 Å². The molecule has 0 radical (unpaired) electrons. The number of nitrogens with one attached hydrogen (secondary N) is 3. The molecular weight excluding hydrogens is 430 g/mol. The van der Waals surface area contributed by atoms with Crippen LogP contribution < -0.4 is 10.9 Å². The van der Waals surface area contributed by atoms with Crippen LogP contribution in [-0.2, 0) is 9.59 Å². The van der Waals surface area contributed by atoms with Crippen molar-refractivity contribution in [3.63, 3.8) is 0 Å². The fourth-order valence-corrected chi connectivity index (χ4v) is 4.16. The monoisotopic (exact) mass is 471 g/mol. The fraction of sp³-hybridized carbons (Fsp3) is 0.593. The Labute approximate surface area is 202 Å². The molecule has 188 valence electrons. The van der Waals surface area contributed by atoms with Gasteiger partial charge in [-0.2, -0.15) is 0 Å². The Hall–Kier alpha value is -2.83. The minimum atomic E-state index is -0.996. The van der Waals surface area contributed by atoms with Gasteiger partial charge in [0.25, 0.3) is 5.56 Å². The average molecular weight is 472 g/mol. The van der Waals surface area contributed by atoms with E-state index in [-0.39, 0.29) is 17.9 Å². The third-order valence-electron chi connectivity index (χ3n) is 6.20. The molecule has 1 heterocycles. The van der Waals surface area contributed by atoms with E-state index in [1.807, 2.05) is 6.08 Å². The first-order valence-electron chi connectivity index (χ1n) is 12.9. The van der Waals surface area contributed by atoms with Crippen LogP contribution in [0.3, 0.4) is 0 Å². The number of carbonyl (C=O) groups is 2. The molecule has 7 nitrogen and oxygen atoms in total. The maximum atomic E-state index is 12.7. The van der Waals surface area contributed by atoms with Gasteiger partial charge in [0.05, 0.1) is 23.2 Å². The van der Waals surface area contributed by atoms with E-state index in [0.717, 1.165) is 12.8 Å². The standard InChI is InChI=1S/C27H41N3O4/c1-2-3-4-5-6-7-8-9-10-11-12-13-14-15-16-21(19-25(31)32)26(33)28-22-17-18-23-24(20-22)29-30-27(23)34/h14-15,17-18,20-21H,2-13,16,19H2,1H3,(H,28,33)(H,31,32)(H2,29,30,34)/b15-14+/t21-/m0/s1. The van der Waals surface area contributed by atoms with E-state index < -0.39 is 11.9 Å². The first-order valence-corrected chi connectivity index (χ1v) is 12.9. The maximum absolute atomic E-state index is 12.7. The summed E-state index contributed by atoms with van der Waals surface area (Å²) in [7, 11) is 0. The molecule has 0 aliphatic heterocycles. The van der Waals surface area contributed by atoms with Crippen LogP contribution in [0.5, 0.6) is 0 Å². The van der Waals surface area contributed by atoms with Crippen LogP contribution in [0, 0.1) is 5.92 Å². The van der Waals surface area contributed by atoms with Gasteiger partial charge in [0.2, 0.25) is 5.91 Å². The minimum absolute atomic E-state index is 0.223. The SMILES string of the molecule is CCCCCCCCCCCCC/C=C/C[C@@H](CC(=O)O)C(=O)Nc1ccc2c(=O)[nH][nH]c2c1. The number of fused-ring (bicyclic) bond motifs is 1. The molecule has 1 aromatic carbocycles. The molecule has 0 fully saturated rings. The first-order chi connectivity index (χ1) is 16.5. The van der Waals surface area contributed by atoms with Crippen molar-refractivity contribution in [3.8, 4) is 0 Å². The Balaban J connectivity index is 1.65. The number of allylic oxidation sites excluding steroid dienone is 2. The zero-order valence-electron chi connectivity index (χ0n) is 20.5. The van der Waals surface area contributed by atoms with Crippen molar-refractivity contribution in [2.45, 2.75) is 96.8 Å². The summed E-state index contributed by atoms with van der Waals surface area (Å²) in [5.74, 6) is -1.98. The number of aliphatic carboxylic acids is 1. The number of hydrogen-bond donors (Lipinski definition) is 4. The zero-order chi connectivity index (χ0) is 24.6. The first kappa shape index (κ1) is 27.4. The second-order valence-electron chi connectivity index (χ2n) is 9.15. The number of rotatable bonds is 18. The largest absolute Gasteiger partial charge is 0.481 e. The summed E-state index contributed by atoms with van der Waals surface area (Å²) < 4.78 is 0. The van der Waals surface area contributed by atoms with Gasteiger partial charge in [-0.15, -0.1) is 0 Å². The summed E-state index contributed by atoms with van der Waals surface area (Å²) >= 11 is 0. The summed E-state index contributed by atoms with van der Waals surface area (Å²) in [5.41, 5.74) is 0.886. The lowest BCUT2D eigenvalue weighted by molar-refractivity contribution is -0.140. The van der Waals surface area contributed by atoms with Crippen LogP contribution >= 0.6 is 0 Å². The molecule has 1 aromatic heterocycles. The number of carbonyl (C=O) groups excluding carboxylic acids is 1. The summed E-state index contributed by atoms with van der Waals surface area (Å²) in [6.07, 6.45) is 19.5. The lowest BCUT2D eigenvalue weighted by Crippen LogP contribution is -2.24. The Morgan fingerprint density at radius 2 is 1.59 bits per heavy atom. The fourth-order valence-electron chi connectivity index (χ4n) is 4.16. The lowest BCUT2D eigenvalue weighted by atomic mass is 9.99. The normalized spacial score (nSPS) is 12.4. The zero-order valence-corrected chi connectivity index (χ0v) is 20.5. The van der Waals surface area contributed by atoms with Gasteiger partial charge in [-0.25, -0.2) is 0 Å². The van der Waals surface area contributed by atoms with Crippen LogP contribution in [-0.4, -0.2) is 27.2 Å². The van der Waals surface area contributed by atoms with Crippen molar-refractivity contribution in [2.75, 3.05) is 5.32 Å². The third kappa shape index (κ3) is 10.4. The van der Waals surface area contributed by atoms with Crippen molar-refractivity contribution in [3.05, 3.63) is 40.7 Å². The number of hydrogen-bond acceptors (Lipinski definition) is 3. The summed E-state index contributed by atoms with van der Waals surface area (Å²) in [4.78, 5) is 35.5. The minimum Gasteiger partial charge on any atom is -0.481 e. The molecule has 0 spiro atoms. The highest BCUT2D eigenvalue weighted by atomic mass is 16.4. The van der Waals surface area contributed by atoms with E-state index in [4.69, 9.17) is 0 Å². The van der Waals surface area contributed by atoms with E-state index >= 15 is 0 Å². The molecule has 0 saturated carbocycles. The van der Waals surface area contributed by atoms with Gasteiger partial charge in [0.1, 0.15) is 0 Å². The highest BCUT2D eigenvalue weighted by Gasteiger charge is 2.21. The van der Waals surface area contributed by atoms with Crippen molar-refractivity contribution < 1.29 is 14.7 Å². The lowest BCUT2D eigenvalue weighted by Gasteiger charge is -2.13. The Kier molecular flexibility index (Phi) is 12.8. The van der Waals surface area contributed by atoms with Gasteiger partial charge in [0.15, 0.2) is 0 Å². The van der Waals surface area contributed by atoms with Gasteiger partial charge in [-0.3, -0.25) is 24.6 Å². The Morgan fingerprint density at radius 3 is 2.24 bits per heavy atom. The number of benzene rings is 1. The number of anilines is 1. The van der Waals surface area contributed by atoms with Crippen molar-refractivity contribution in [1.82, 2.24) is 10.2 Å². The highest BCUT2D eigenvalue weighted by molar-refractivity contribution is 5.96. The van der Waals surface area contributed by atoms with Crippen LogP contribution in [0.2, 0.25) is 0 Å². The molecule has 0 bridgehead atoms. The molecule has 1 amide bonds. The number of H-pyrrole nitrogens is 2. The summed E-state index contributed by atoms with van der Waals surface area (Å²) in [6, 6.07) is 4.93. The molecule has 0 aliphatic carbocycles. The van der Waals surface area contributed by atoms with E-state index in [0.29, 0.717) is 23.0 Å². The smallest absolute Gasteiger partial charge is 0.304 e. The Morgan fingerprint density at radius 1 is 0.941 bits per heavy atom. The quantitative estimate of drug-likeness (QED) is 0.146. The number of aromatic nitrogens is 2. The topological polar surface area (TPSA) is 115 Å². The van der Waals surface area contributed by atoms with Crippen molar-refractivity contribution in [2.24, 2.45) is 5.92 Å². The van der Waals surface area contributed by atoms with Gasteiger partial charge in [0, 0.05) is 5.69 Å². The number of carboxylic acid groups (broad SMARTS) is 1. The van der Waals surface area contributed by atoms with E-state index in [9.17, 15) is 19.5 Å². The predicted octanol–water partition coefficient (Wildman–Crippen LogP) is 6.53. The molecule has 0 aliphatic rings. The summed E-state index contributed by atoms with van der Waals surface area (Å²) in [6.45, 7) is 2.25. The van der Waals surface area contributed by atoms with Crippen LogP contribution in [0.15, 0.2) is 35.1 Å². The molecule has 2 aromatic rings. The number of unbranched alkanes of at least 4 members (excludes halogenated alkanes) is 11. The predicted molar refractivity (Wildman–Crippen MR) is 138 cm³/mol. The van der Waals surface area contributed by atoms with Crippen LogP contribution in [0.1, 0.15) is 96.8 Å². The average Bonchev–Trinajstić information content (AvgIpc) is 3.18. The van der Waals surface area contributed by atoms with E-state index in [2.05, 4.69) is 28.5 Å². The second-order valence-corrected chi connectivity index (χ2v) is 9.15. The second kappa shape index (κ2) is 15.9. The third-order valence-corrected chi connectivity index (χ3v) is 6.20. The summed E-state index contributed by atoms with van der Waals surface area (Å²) in [5, 5.41) is 17.7. The highest BCUT2D eigenvalue weighted by Crippen LogP contribution is 2.18. The van der Waals surface area contributed by atoms with Gasteiger partial charge in [-0.05, 0) is 37.5 Å². The molecular formula is C27H41N3O4. The van der Waals surface area contributed by atoms with Gasteiger partial charge < -0.3 is 10.4 Å². The van der Waals surface area contributed by atoms with Gasteiger partial charge in [-0.1, -0.05) is 83.3 Å². The number of amides is 1. The van der Waals surface area contributed by atoms with Gasteiger partial charge >= 0.3 is 5.97 Å². The molecule has 4 N–H and O–H groups in total. The van der Waals surface area contributed by atoms with Crippen molar-refractivity contribution >= 4 is 28.5 Å². The van der Waals surface area contributed by atoms with E-state index in [1.54, 1.807) is 18.2 Å². The number of aromatic amines is 2. The molecule has 1 atom stereocenters. The maximum Gasteiger partial charge on any atom is 0.304 e. The molecule has 0 saturated heterocycles. The Bertz CT molecular complexity index is 960. The molecule has 7 heteroatoms. The van der Waals surface area contributed by atoms with Crippen LogP contribution in [0.4, 0.5) is 5.69 Å².